The Labute approximate surface area is 173 Å². The number of aromatic nitrogens is 2. The number of nitrogens with zero attached hydrogens (tertiary/aromatic N) is 2. The van der Waals surface area contributed by atoms with Crippen LogP contribution in [0.2, 0.25) is 0 Å². The molecular formula is C21H21ClN2O5. The zero-order valence-electron chi connectivity index (χ0n) is 16.7. The molecule has 0 aliphatic heterocycles. The van der Waals surface area contributed by atoms with Crippen LogP contribution in [0.3, 0.4) is 0 Å². The lowest BCUT2D eigenvalue weighted by Crippen LogP contribution is -1.95. The van der Waals surface area contributed by atoms with E-state index in [9.17, 15) is 5.11 Å². The summed E-state index contributed by atoms with van der Waals surface area (Å²) in [5, 5.41) is 18.3. The van der Waals surface area contributed by atoms with Crippen molar-refractivity contribution < 1.29 is 23.7 Å². The first-order valence-corrected chi connectivity index (χ1v) is 9.07. The van der Waals surface area contributed by atoms with Crippen LogP contribution in [0, 0.1) is 13.8 Å². The molecular weight excluding hydrogens is 396 g/mol. The SMILES string of the molecule is COc1cc(-c2nnc(/C(Cl)=C/c3cc(C)c(O)c(C)c3)o2)cc(OC)c1OC. The monoisotopic (exact) mass is 416 g/mol. The Bertz CT molecular complexity index is 1030. The van der Waals surface area contributed by atoms with Gasteiger partial charge in [0.25, 0.3) is 5.89 Å². The molecule has 0 radical (unpaired) electrons. The van der Waals surface area contributed by atoms with E-state index in [-0.39, 0.29) is 22.6 Å². The first-order chi connectivity index (χ1) is 13.9. The van der Waals surface area contributed by atoms with Crippen molar-refractivity contribution in [3.63, 3.8) is 0 Å². The average Bonchev–Trinajstić information content (AvgIpc) is 3.21. The molecule has 0 bridgehead atoms. The number of aromatic hydroxyl groups is 1. The normalized spacial score (nSPS) is 11.4. The van der Waals surface area contributed by atoms with Crippen molar-refractivity contribution in [2.24, 2.45) is 0 Å². The van der Waals surface area contributed by atoms with E-state index >= 15 is 0 Å². The predicted molar refractivity (Wildman–Crippen MR) is 111 cm³/mol. The first-order valence-electron chi connectivity index (χ1n) is 8.69. The number of phenolic OH excluding ortho intramolecular Hbond substituents is 1. The van der Waals surface area contributed by atoms with Crippen LogP contribution in [0.4, 0.5) is 0 Å². The number of hydrogen-bond acceptors (Lipinski definition) is 7. The van der Waals surface area contributed by atoms with E-state index in [1.165, 1.54) is 21.3 Å². The summed E-state index contributed by atoms with van der Waals surface area (Å²) in [5.74, 6) is 2.09. The molecule has 1 aromatic heterocycles. The quantitative estimate of drug-likeness (QED) is 0.616. The van der Waals surface area contributed by atoms with Gasteiger partial charge in [0.1, 0.15) is 10.8 Å². The second-order valence-corrected chi connectivity index (χ2v) is 6.73. The zero-order chi connectivity index (χ0) is 21.1. The van der Waals surface area contributed by atoms with E-state index in [1.54, 1.807) is 18.2 Å². The highest BCUT2D eigenvalue weighted by Crippen LogP contribution is 2.41. The summed E-state index contributed by atoms with van der Waals surface area (Å²) in [4.78, 5) is 0. The zero-order valence-corrected chi connectivity index (χ0v) is 17.5. The van der Waals surface area contributed by atoms with Gasteiger partial charge >= 0.3 is 0 Å². The van der Waals surface area contributed by atoms with Crippen molar-refractivity contribution in [3.8, 4) is 34.5 Å². The van der Waals surface area contributed by atoms with Gasteiger partial charge in [-0.1, -0.05) is 11.6 Å². The minimum absolute atomic E-state index is 0.166. The van der Waals surface area contributed by atoms with Crippen molar-refractivity contribution in [2.75, 3.05) is 21.3 Å². The molecule has 2 aromatic carbocycles. The van der Waals surface area contributed by atoms with E-state index in [0.717, 1.165) is 16.7 Å². The molecule has 1 N–H and O–H groups in total. The molecule has 152 valence electrons. The maximum Gasteiger partial charge on any atom is 0.259 e. The molecule has 7 nitrogen and oxygen atoms in total. The number of aryl methyl sites for hydroxylation is 2. The predicted octanol–water partition coefficient (Wildman–Crippen LogP) is 4.82. The smallest absolute Gasteiger partial charge is 0.259 e. The van der Waals surface area contributed by atoms with Gasteiger partial charge in [0.2, 0.25) is 11.6 Å². The number of methoxy groups -OCH3 is 3. The molecule has 1 heterocycles. The topological polar surface area (TPSA) is 86.8 Å². The minimum atomic E-state index is 0.166. The summed E-state index contributed by atoms with van der Waals surface area (Å²) in [5.41, 5.74) is 2.92. The summed E-state index contributed by atoms with van der Waals surface area (Å²) in [6.45, 7) is 3.64. The molecule has 0 amide bonds. The number of benzene rings is 2. The standard InChI is InChI=1S/C21H21ClN2O5/c1-11-6-13(7-12(2)18(11)25)8-15(22)21-24-23-20(29-21)14-9-16(26-3)19(28-5)17(10-14)27-4/h6-10,25H,1-5H3/b15-8-. The van der Waals surface area contributed by atoms with Crippen molar-refractivity contribution in [2.45, 2.75) is 13.8 Å². The van der Waals surface area contributed by atoms with Crippen LogP contribution in [0.5, 0.6) is 23.0 Å². The molecule has 8 heteroatoms. The van der Waals surface area contributed by atoms with Gasteiger partial charge in [-0.2, -0.15) is 0 Å². The maximum atomic E-state index is 9.91. The molecule has 0 unspecified atom stereocenters. The number of rotatable bonds is 6. The molecule has 0 aliphatic carbocycles. The fourth-order valence-electron chi connectivity index (χ4n) is 2.92. The van der Waals surface area contributed by atoms with Gasteiger partial charge in [-0.25, -0.2) is 0 Å². The highest BCUT2D eigenvalue weighted by molar-refractivity contribution is 6.50. The van der Waals surface area contributed by atoms with Crippen LogP contribution in [-0.2, 0) is 0 Å². The lowest BCUT2D eigenvalue weighted by atomic mass is 10.1. The highest BCUT2D eigenvalue weighted by atomic mass is 35.5. The summed E-state index contributed by atoms with van der Waals surface area (Å²) in [7, 11) is 4.59. The lowest BCUT2D eigenvalue weighted by Gasteiger charge is -2.12. The van der Waals surface area contributed by atoms with E-state index in [4.69, 9.17) is 30.2 Å². The van der Waals surface area contributed by atoms with Crippen LogP contribution >= 0.6 is 11.6 Å². The summed E-state index contributed by atoms with van der Waals surface area (Å²) in [6, 6.07) is 7.06. The highest BCUT2D eigenvalue weighted by Gasteiger charge is 2.18. The third kappa shape index (κ3) is 4.14. The Balaban J connectivity index is 1.97. The Kier molecular flexibility index (Phi) is 5.98. The fraction of sp³-hybridized carbons (Fsp3) is 0.238. The maximum absolute atomic E-state index is 9.91. The molecule has 3 rings (SSSR count). The van der Waals surface area contributed by atoms with E-state index in [0.29, 0.717) is 22.8 Å². The van der Waals surface area contributed by atoms with Crippen molar-refractivity contribution in [3.05, 3.63) is 46.8 Å². The Morgan fingerprint density at radius 1 is 0.966 bits per heavy atom. The van der Waals surface area contributed by atoms with Gasteiger partial charge in [0, 0.05) is 5.56 Å². The van der Waals surface area contributed by atoms with E-state index in [1.807, 2.05) is 26.0 Å². The second kappa shape index (κ2) is 8.45. The molecule has 0 saturated carbocycles. The minimum Gasteiger partial charge on any atom is -0.507 e. The van der Waals surface area contributed by atoms with Gasteiger partial charge in [0.05, 0.1) is 21.3 Å². The van der Waals surface area contributed by atoms with Crippen molar-refractivity contribution in [1.82, 2.24) is 10.2 Å². The summed E-state index contributed by atoms with van der Waals surface area (Å²) in [6.07, 6.45) is 1.70. The fourth-order valence-corrected chi connectivity index (χ4v) is 3.12. The molecule has 0 saturated heterocycles. The van der Waals surface area contributed by atoms with E-state index in [2.05, 4.69) is 10.2 Å². The van der Waals surface area contributed by atoms with Gasteiger partial charge in [0.15, 0.2) is 11.5 Å². The molecule has 29 heavy (non-hydrogen) atoms. The molecule has 0 fully saturated rings. The summed E-state index contributed by atoms with van der Waals surface area (Å²) < 4.78 is 21.8. The third-order valence-electron chi connectivity index (χ3n) is 4.35. The molecule has 0 spiro atoms. The number of phenols is 1. The first kappa shape index (κ1) is 20.5. The molecule has 0 atom stereocenters. The molecule has 0 aliphatic rings. The van der Waals surface area contributed by atoms with Gasteiger partial charge in [-0.3, -0.25) is 0 Å². The third-order valence-corrected chi connectivity index (χ3v) is 4.62. The van der Waals surface area contributed by atoms with Crippen LogP contribution in [0.1, 0.15) is 22.6 Å². The van der Waals surface area contributed by atoms with Crippen LogP contribution in [0.15, 0.2) is 28.7 Å². The number of ether oxygens (including phenoxy) is 3. The van der Waals surface area contributed by atoms with Crippen molar-refractivity contribution >= 4 is 22.7 Å². The number of hydrogen-bond donors (Lipinski definition) is 1. The lowest BCUT2D eigenvalue weighted by molar-refractivity contribution is 0.324. The van der Waals surface area contributed by atoms with Gasteiger partial charge in [-0.15, -0.1) is 10.2 Å². The largest absolute Gasteiger partial charge is 0.507 e. The average molecular weight is 417 g/mol. The van der Waals surface area contributed by atoms with Gasteiger partial charge in [-0.05, 0) is 60.9 Å². The molecule has 3 aromatic rings. The van der Waals surface area contributed by atoms with E-state index < -0.39 is 0 Å². The summed E-state index contributed by atoms with van der Waals surface area (Å²) >= 11 is 6.38. The Morgan fingerprint density at radius 3 is 2.07 bits per heavy atom. The van der Waals surface area contributed by atoms with Crippen LogP contribution < -0.4 is 14.2 Å². The van der Waals surface area contributed by atoms with Gasteiger partial charge < -0.3 is 23.7 Å². The number of halogens is 1. The Hall–Kier alpha value is -3.19. The van der Waals surface area contributed by atoms with Crippen LogP contribution in [-0.4, -0.2) is 36.6 Å². The Morgan fingerprint density at radius 2 is 1.55 bits per heavy atom. The van der Waals surface area contributed by atoms with Crippen molar-refractivity contribution in [1.29, 1.82) is 0 Å². The van der Waals surface area contributed by atoms with Crippen LogP contribution in [0.25, 0.3) is 22.6 Å². The second-order valence-electron chi connectivity index (χ2n) is 6.32.